The number of benzene rings is 1. The molecule has 0 spiro atoms. The van der Waals surface area contributed by atoms with Crippen molar-refractivity contribution in [1.82, 2.24) is 4.90 Å². The average molecular weight is 261 g/mol. The Bertz CT molecular complexity index is 484. The maximum Gasteiger partial charge on any atom is 0.336 e. The molecule has 0 aliphatic carbocycles. The molecule has 4 heteroatoms. The molecule has 19 heavy (non-hydrogen) atoms. The average Bonchev–Trinajstić information content (AvgIpc) is 2.87. The van der Waals surface area contributed by atoms with Crippen molar-refractivity contribution < 1.29 is 14.7 Å². The smallest absolute Gasteiger partial charge is 0.336 e. The zero-order valence-corrected chi connectivity index (χ0v) is 11.1. The zero-order chi connectivity index (χ0) is 13.8. The van der Waals surface area contributed by atoms with Crippen LogP contribution in [0.1, 0.15) is 46.9 Å². The first-order valence-corrected chi connectivity index (χ1v) is 6.75. The fourth-order valence-electron chi connectivity index (χ4n) is 2.69. The fraction of sp³-hybridized carbons (Fsp3) is 0.467. The predicted molar refractivity (Wildman–Crippen MR) is 72.3 cm³/mol. The van der Waals surface area contributed by atoms with Crippen molar-refractivity contribution >= 4 is 11.9 Å². The number of carbonyl (C=O) groups excluding carboxylic acids is 1. The second kappa shape index (κ2) is 5.87. The topological polar surface area (TPSA) is 57.6 Å². The molecule has 1 heterocycles. The lowest BCUT2D eigenvalue weighted by Gasteiger charge is -2.17. The molecule has 1 aromatic carbocycles. The molecule has 1 aliphatic heterocycles. The van der Waals surface area contributed by atoms with Gasteiger partial charge < -0.3 is 10.0 Å². The van der Waals surface area contributed by atoms with Crippen LogP contribution in [0.25, 0.3) is 0 Å². The summed E-state index contributed by atoms with van der Waals surface area (Å²) in [7, 11) is 0. The van der Waals surface area contributed by atoms with E-state index in [0.717, 1.165) is 32.4 Å². The number of rotatable bonds is 4. The number of carboxylic acid groups (broad SMARTS) is 1. The van der Waals surface area contributed by atoms with Crippen molar-refractivity contribution in [2.24, 2.45) is 5.92 Å². The molecule has 2 rings (SSSR count). The summed E-state index contributed by atoms with van der Waals surface area (Å²) >= 11 is 0. The number of hydrogen-bond donors (Lipinski definition) is 1. The number of aromatic carboxylic acids is 1. The van der Waals surface area contributed by atoms with Gasteiger partial charge >= 0.3 is 5.97 Å². The van der Waals surface area contributed by atoms with Gasteiger partial charge in [-0.05, 0) is 30.9 Å². The molecular formula is C15H19NO3. The molecule has 1 aromatic rings. The Morgan fingerprint density at radius 1 is 1.32 bits per heavy atom. The Morgan fingerprint density at radius 3 is 2.63 bits per heavy atom. The highest BCUT2D eigenvalue weighted by molar-refractivity contribution is 6.04. The van der Waals surface area contributed by atoms with Crippen LogP contribution in [0.2, 0.25) is 0 Å². The second-order valence-corrected chi connectivity index (χ2v) is 5.05. The SMILES string of the molecule is CCCC1CCN(C(=O)c2ccccc2C(=O)O)C1. The lowest BCUT2D eigenvalue weighted by Crippen LogP contribution is -2.30. The van der Waals surface area contributed by atoms with E-state index in [0.29, 0.717) is 11.5 Å². The van der Waals surface area contributed by atoms with E-state index >= 15 is 0 Å². The van der Waals surface area contributed by atoms with Crippen LogP contribution in [0.4, 0.5) is 0 Å². The third kappa shape index (κ3) is 2.95. The molecule has 1 N–H and O–H groups in total. The summed E-state index contributed by atoms with van der Waals surface area (Å²) in [6, 6.07) is 6.43. The van der Waals surface area contributed by atoms with Gasteiger partial charge in [0.25, 0.3) is 5.91 Å². The number of carbonyl (C=O) groups is 2. The van der Waals surface area contributed by atoms with Gasteiger partial charge in [-0.15, -0.1) is 0 Å². The van der Waals surface area contributed by atoms with Gasteiger partial charge in [0, 0.05) is 13.1 Å². The van der Waals surface area contributed by atoms with Gasteiger partial charge in [0.15, 0.2) is 0 Å². The number of likely N-dealkylation sites (tertiary alicyclic amines) is 1. The van der Waals surface area contributed by atoms with E-state index in [1.165, 1.54) is 6.07 Å². The van der Waals surface area contributed by atoms with Crippen molar-refractivity contribution in [3.05, 3.63) is 35.4 Å². The van der Waals surface area contributed by atoms with Gasteiger partial charge in [-0.3, -0.25) is 4.79 Å². The van der Waals surface area contributed by atoms with Crippen molar-refractivity contribution in [3.8, 4) is 0 Å². The molecule has 102 valence electrons. The van der Waals surface area contributed by atoms with E-state index in [1.54, 1.807) is 23.1 Å². The van der Waals surface area contributed by atoms with E-state index in [2.05, 4.69) is 6.92 Å². The standard InChI is InChI=1S/C15H19NO3/c1-2-5-11-8-9-16(10-11)14(17)12-6-3-4-7-13(12)15(18)19/h3-4,6-7,11H,2,5,8-10H2,1H3,(H,18,19). The Balaban J connectivity index is 2.15. The van der Waals surface area contributed by atoms with Crippen LogP contribution in [0.3, 0.4) is 0 Å². The molecule has 0 bridgehead atoms. The van der Waals surface area contributed by atoms with Crippen molar-refractivity contribution in [2.45, 2.75) is 26.2 Å². The van der Waals surface area contributed by atoms with E-state index in [9.17, 15) is 9.59 Å². The van der Waals surface area contributed by atoms with Gasteiger partial charge in [0.1, 0.15) is 0 Å². The summed E-state index contributed by atoms with van der Waals surface area (Å²) in [5.41, 5.74) is 0.388. The summed E-state index contributed by atoms with van der Waals surface area (Å²) < 4.78 is 0. The van der Waals surface area contributed by atoms with Crippen LogP contribution in [-0.2, 0) is 0 Å². The van der Waals surface area contributed by atoms with Crippen LogP contribution in [0.15, 0.2) is 24.3 Å². The molecule has 1 fully saturated rings. The van der Waals surface area contributed by atoms with E-state index in [-0.39, 0.29) is 11.5 Å². The quantitative estimate of drug-likeness (QED) is 0.906. The first-order valence-electron chi connectivity index (χ1n) is 6.75. The number of carboxylic acids is 1. The van der Waals surface area contributed by atoms with Gasteiger partial charge in [0.05, 0.1) is 11.1 Å². The third-order valence-electron chi connectivity index (χ3n) is 3.66. The van der Waals surface area contributed by atoms with Crippen LogP contribution in [-0.4, -0.2) is 35.0 Å². The van der Waals surface area contributed by atoms with E-state index < -0.39 is 5.97 Å². The number of hydrogen-bond acceptors (Lipinski definition) is 2. The second-order valence-electron chi connectivity index (χ2n) is 5.05. The highest BCUT2D eigenvalue weighted by Gasteiger charge is 2.28. The summed E-state index contributed by atoms with van der Waals surface area (Å²) in [6.07, 6.45) is 3.28. The minimum atomic E-state index is -1.05. The largest absolute Gasteiger partial charge is 0.478 e. The molecule has 1 unspecified atom stereocenters. The van der Waals surface area contributed by atoms with Crippen LogP contribution in [0, 0.1) is 5.92 Å². The molecule has 1 saturated heterocycles. The van der Waals surface area contributed by atoms with Crippen molar-refractivity contribution in [2.75, 3.05) is 13.1 Å². The Morgan fingerprint density at radius 2 is 2.00 bits per heavy atom. The Hall–Kier alpha value is -1.84. The fourth-order valence-corrected chi connectivity index (χ4v) is 2.69. The lowest BCUT2D eigenvalue weighted by molar-refractivity contribution is 0.0680. The Kier molecular flexibility index (Phi) is 4.20. The molecular weight excluding hydrogens is 242 g/mol. The highest BCUT2D eigenvalue weighted by Crippen LogP contribution is 2.23. The molecule has 0 radical (unpaired) electrons. The number of amides is 1. The van der Waals surface area contributed by atoms with Gasteiger partial charge in [-0.2, -0.15) is 0 Å². The normalized spacial score (nSPS) is 18.6. The van der Waals surface area contributed by atoms with Gasteiger partial charge in [-0.1, -0.05) is 25.5 Å². The van der Waals surface area contributed by atoms with Crippen molar-refractivity contribution in [3.63, 3.8) is 0 Å². The van der Waals surface area contributed by atoms with Crippen LogP contribution in [0.5, 0.6) is 0 Å². The van der Waals surface area contributed by atoms with E-state index in [1.807, 2.05) is 0 Å². The van der Waals surface area contributed by atoms with Crippen LogP contribution >= 0.6 is 0 Å². The van der Waals surface area contributed by atoms with Gasteiger partial charge in [0.2, 0.25) is 0 Å². The third-order valence-corrected chi connectivity index (χ3v) is 3.66. The maximum atomic E-state index is 12.4. The highest BCUT2D eigenvalue weighted by atomic mass is 16.4. The maximum absolute atomic E-state index is 12.4. The summed E-state index contributed by atoms with van der Waals surface area (Å²) in [4.78, 5) is 25.3. The van der Waals surface area contributed by atoms with Crippen molar-refractivity contribution in [1.29, 1.82) is 0 Å². The Labute approximate surface area is 113 Å². The minimum absolute atomic E-state index is 0.0893. The molecule has 4 nitrogen and oxygen atoms in total. The minimum Gasteiger partial charge on any atom is -0.478 e. The summed E-state index contributed by atoms with van der Waals surface area (Å²) in [5.74, 6) is -0.643. The molecule has 1 atom stereocenters. The molecule has 0 saturated carbocycles. The first-order chi connectivity index (χ1) is 9.13. The summed E-state index contributed by atoms with van der Waals surface area (Å²) in [6.45, 7) is 3.63. The lowest BCUT2D eigenvalue weighted by atomic mass is 10.0. The monoisotopic (exact) mass is 261 g/mol. The predicted octanol–water partition coefficient (Wildman–Crippen LogP) is 2.65. The molecule has 1 aliphatic rings. The summed E-state index contributed by atoms with van der Waals surface area (Å²) in [5, 5.41) is 9.12. The molecule has 0 aromatic heterocycles. The molecule has 1 amide bonds. The number of nitrogens with zero attached hydrogens (tertiary/aromatic N) is 1. The first kappa shape index (κ1) is 13.6. The van der Waals surface area contributed by atoms with E-state index in [4.69, 9.17) is 5.11 Å². The zero-order valence-electron chi connectivity index (χ0n) is 11.1. The van der Waals surface area contributed by atoms with Gasteiger partial charge in [-0.25, -0.2) is 4.79 Å². The van der Waals surface area contributed by atoms with Crippen LogP contribution < -0.4 is 0 Å².